The Kier molecular flexibility index (Phi) is 7.61. The molecule has 0 radical (unpaired) electrons. The first-order valence-corrected chi connectivity index (χ1v) is 9.95. The minimum absolute atomic E-state index is 0.0406. The summed E-state index contributed by atoms with van der Waals surface area (Å²) >= 11 is 0. The molecule has 0 bridgehead atoms. The second-order valence-electron chi connectivity index (χ2n) is 8.64. The topological polar surface area (TPSA) is 20.3 Å². The van der Waals surface area contributed by atoms with Crippen LogP contribution in [0.15, 0.2) is 0 Å². The number of amides is 1. The Morgan fingerprint density at radius 1 is 1.30 bits per heavy atom. The Balaban J connectivity index is 3.00. The maximum atomic E-state index is 12.0. The number of hydrogen-bond donors (Lipinski definition) is 0. The Hall–Kier alpha value is -0.530. The molecule has 3 unspecified atom stereocenters. The highest BCUT2D eigenvalue weighted by Crippen LogP contribution is 2.50. The summed E-state index contributed by atoms with van der Waals surface area (Å²) in [6.45, 7) is 13.4. The number of hydrogen-bond acceptors (Lipinski definition) is 1. The van der Waals surface area contributed by atoms with Crippen LogP contribution in [0.2, 0.25) is 0 Å². The fourth-order valence-corrected chi connectivity index (χ4v) is 4.78. The molecule has 0 spiro atoms. The van der Waals surface area contributed by atoms with Crippen molar-refractivity contribution in [2.45, 2.75) is 105 Å². The molecular weight excluding hydrogens is 282 g/mol. The Labute approximate surface area is 145 Å². The number of nitrogens with zero attached hydrogens (tertiary/aromatic N) is 1. The van der Waals surface area contributed by atoms with E-state index in [4.69, 9.17) is 0 Å². The molecule has 2 nitrogen and oxygen atoms in total. The average molecular weight is 324 g/mol. The summed E-state index contributed by atoms with van der Waals surface area (Å²) < 4.78 is 0. The molecule has 0 aliphatic heterocycles. The molecule has 0 aromatic carbocycles. The first-order chi connectivity index (χ1) is 10.7. The third kappa shape index (κ3) is 4.73. The summed E-state index contributed by atoms with van der Waals surface area (Å²) in [6.07, 6.45) is 11.9. The van der Waals surface area contributed by atoms with Crippen LogP contribution in [-0.2, 0) is 4.79 Å². The number of carbonyl (C=O) groups excluding carboxylic acids is 1. The Bertz CT molecular complexity index is 376. The molecule has 0 saturated heterocycles. The fraction of sp³-hybridized carbons (Fsp3) is 0.952. The highest BCUT2D eigenvalue weighted by molar-refractivity contribution is 5.73. The second kappa shape index (κ2) is 8.53. The average Bonchev–Trinajstić information content (AvgIpc) is 2.75. The van der Waals surface area contributed by atoms with Gasteiger partial charge in [0.05, 0.1) is 0 Å². The zero-order chi connectivity index (χ0) is 17.7. The standard InChI is InChI=1S/C21H41NO/c1-8-10-13-17(3)21(9-2)15-12-11-14-19(16-21)20(5,6)22(7)18(4)23/h17,19H,8-16H2,1-7H3. The normalized spacial score (nSPS) is 27.3. The predicted octanol–water partition coefficient (Wildman–Crippen LogP) is 6.05. The van der Waals surface area contributed by atoms with Gasteiger partial charge in [0.2, 0.25) is 5.91 Å². The molecule has 0 aromatic rings. The van der Waals surface area contributed by atoms with Gasteiger partial charge in [-0.05, 0) is 50.4 Å². The van der Waals surface area contributed by atoms with Gasteiger partial charge >= 0.3 is 0 Å². The third-order valence-electron chi connectivity index (χ3n) is 7.21. The van der Waals surface area contributed by atoms with Gasteiger partial charge in [0, 0.05) is 19.5 Å². The molecule has 136 valence electrons. The van der Waals surface area contributed by atoms with Gasteiger partial charge in [-0.1, -0.05) is 59.3 Å². The maximum Gasteiger partial charge on any atom is 0.219 e. The highest BCUT2D eigenvalue weighted by atomic mass is 16.2. The van der Waals surface area contributed by atoms with Crippen molar-refractivity contribution in [3.63, 3.8) is 0 Å². The lowest BCUT2D eigenvalue weighted by Crippen LogP contribution is -2.50. The molecule has 1 fully saturated rings. The van der Waals surface area contributed by atoms with E-state index < -0.39 is 0 Å². The lowest BCUT2D eigenvalue weighted by atomic mass is 9.63. The van der Waals surface area contributed by atoms with Crippen LogP contribution in [0.4, 0.5) is 0 Å². The van der Waals surface area contributed by atoms with Gasteiger partial charge in [-0.2, -0.15) is 0 Å². The van der Waals surface area contributed by atoms with Crippen LogP contribution in [0.25, 0.3) is 0 Å². The third-order valence-corrected chi connectivity index (χ3v) is 7.21. The van der Waals surface area contributed by atoms with Crippen molar-refractivity contribution >= 4 is 5.91 Å². The minimum atomic E-state index is -0.0406. The van der Waals surface area contributed by atoms with E-state index >= 15 is 0 Å². The molecule has 1 aliphatic carbocycles. The van der Waals surface area contributed by atoms with Gasteiger partial charge in [-0.25, -0.2) is 0 Å². The van der Waals surface area contributed by atoms with Crippen molar-refractivity contribution in [1.29, 1.82) is 0 Å². The molecule has 1 saturated carbocycles. The predicted molar refractivity (Wildman–Crippen MR) is 101 cm³/mol. The summed E-state index contributed by atoms with van der Waals surface area (Å²) in [5.41, 5.74) is 0.437. The molecule has 1 aliphatic rings. The number of rotatable bonds is 7. The lowest BCUT2D eigenvalue weighted by Gasteiger charge is -2.47. The van der Waals surface area contributed by atoms with E-state index in [2.05, 4.69) is 34.6 Å². The fourth-order valence-electron chi connectivity index (χ4n) is 4.78. The monoisotopic (exact) mass is 323 g/mol. The van der Waals surface area contributed by atoms with Crippen molar-refractivity contribution in [3.8, 4) is 0 Å². The minimum Gasteiger partial charge on any atom is -0.341 e. The van der Waals surface area contributed by atoms with E-state index in [0.717, 1.165) is 5.92 Å². The van der Waals surface area contributed by atoms with Crippen LogP contribution >= 0.6 is 0 Å². The Morgan fingerprint density at radius 2 is 1.96 bits per heavy atom. The van der Waals surface area contributed by atoms with Crippen molar-refractivity contribution in [1.82, 2.24) is 4.90 Å². The van der Waals surface area contributed by atoms with Crippen LogP contribution in [0, 0.1) is 17.3 Å². The van der Waals surface area contributed by atoms with E-state index in [1.807, 2.05) is 11.9 Å². The molecule has 0 heterocycles. The van der Waals surface area contributed by atoms with Gasteiger partial charge in [0.1, 0.15) is 0 Å². The van der Waals surface area contributed by atoms with Crippen LogP contribution < -0.4 is 0 Å². The van der Waals surface area contributed by atoms with E-state index in [-0.39, 0.29) is 11.4 Å². The summed E-state index contributed by atoms with van der Waals surface area (Å²) in [6, 6.07) is 0. The summed E-state index contributed by atoms with van der Waals surface area (Å²) in [5.74, 6) is 1.61. The van der Waals surface area contributed by atoms with Crippen LogP contribution in [0.5, 0.6) is 0 Å². The van der Waals surface area contributed by atoms with Crippen molar-refractivity contribution in [2.24, 2.45) is 17.3 Å². The first-order valence-electron chi connectivity index (χ1n) is 9.95. The molecule has 1 rings (SSSR count). The van der Waals surface area contributed by atoms with Gasteiger partial charge < -0.3 is 4.90 Å². The lowest BCUT2D eigenvalue weighted by molar-refractivity contribution is -0.134. The first kappa shape index (κ1) is 20.5. The summed E-state index contributed by atoms with van der Waals surface area (Å²) in [5, 5.41) is 0. The van der Waals surface area contributed by atoms with E-state index in [1.165, 1.54) is 57.8 Å². The summed E-state index contributed by atoms with van der Waals surface area (Å²) in [4.78, 5) is 13.9. The van der Waals surface area contributed by atoms with Crippen LogP contribution in [-0.4, -0.2) is 23.4 Å². The zero-order valence-electron chi connectivity index (χ0n) is 16.9. The quantitative estimate of drug-likeness (QED) is 0.522. The molecule has 0 N–H and O–H groups in total. The van der Waals surface area contributed by atoms with Crippen molar-refractivity contribution in [3.05, 3.63) is 0 Å². The SMILES string of the molecule is CCCCC(C)C1(CC)CCCCC(C(C)(C)N(C)C(C)=O)C1. The largest absolute Gasteiger partial charge is 0.341 e. The van der Waals surface area contributed by atoms with E-state index in [0.29, 0.717) is 11.3 Å². The highest BCUT2D eigenvalue weighted by Gasteiger charge is 2.43. The Morgan fingerprint density at radius 3 is 2.48 bits per heavy atom. The molecule has 3 atom stereocenters. The van der Waals surface area contributed by atoms with Crippen molar-refractivity contribution in [2.75, 3.05) is 7.05 Å². The number of unbranched alkanes of at least 4 members (excludes halogenated alkanes) is 1. The van der Waals surface area contributed by atoms with E-state index in [9.17, 15) is 4.79 Å². The van der Waals surface area contributed by atoms with Gasteiger partial charge in [0.25, 0.3) is 0 Å². The molecular formula is C21H41NO. The van der Waals surface area contributed by atoms with Crippen LogP contribution in [0.3, 0.4) is 0 Å². The molecule has 1 amide bonds. The number of carbonyl (C=O) groups is 1. The van der Waals surface area contributed by atoms with Gasteiger partial charge in [-0.3, -0.25) is 4.79 Å². The second-order valence-corrected chi connectivity index (χ2v) is 8.64. The zero-order valence-corrected chi connectivity index (χ0v) is 16.9. The van der Waals surface area contributed by atoms with Gasteiger partial charge in [-0.15, -0.1) is 0 Å². The smallest absolute Gasteiger partial charge is 0.219 e. The van der Waals surface area contributed by atoms with Crippen LogP contribution in [0.1, 0.15) is 99.3 Å². The maximum absolute atomic E-state index is 12.0. The molecule has 23 heavy (non-hydrogen) atoms. The molecule has 2 heteroatoms. The van der Waals surface area contributed by atoms with E-state index in [1.54, 1.807) is 6.92 Å². The van der Waals surface area contributed by atoms with Crippen molar-refractivity contribution < 1.29 is 4.79 Å². The summed E-state index contributed by atoms with van der Waals surface area (Å²) in [7, 11) is 1.99. The van der Waals surface area contributed by atoms with Gasteiger partial charge in [0.15, 0.2) is 0 Å². The molecule has 0 aromatic heterocycles.